The van der Waals surface area contributed by atoms with E-state index in [4.69, 9.17) is 10.5 Å². The molecule has 0 spiro atoms. The Bertz CT molecular complexity index is 535. The van der Waals surface area contributed by atoms with Crippen molar-refractivity contribution in [3.8, 4) is 5.75 Å². The van der Waals surface area contributed by atoms with Gasteiger partial charge in [0.15, 0.2) is 0 Å². The molecule has 0 saturated carbocycles. The van der Waals surface area contributed by atoms with Crippen LogP contribution in [0.15, 0.2) is 12.1 Å². The van der Waals surface area contributed by atoms with E-state index in [9.17, 15) is 14.7 Å². The Morgan fingerprint density at radius 1 is 1.36 bits per heavy atom. The molecule has 0 aliphatic heterocycles. The topological polar surface area (TPSA) is 102 Å². The number of amides is 1. The van der Waals surface area contributed by atoms with Crippen LogP contribution in [0, 0.1) is 13.8 Å². The molecule has 1 aromatic rings. The summed E-state index contributed by atoms with van der Waals surface area (Å²) in [6.07, 6.45) is -0.0595. The summed E-state index contributed by atoms with van der Waals surface area (Å²) >= 11 is 0. The molecular formula is C15H23ClN2O4. The number of benzene rings is 1. The number of phenolic OH excluding ortho intramolecular Hbond substituents is 1. The van der Waals surface area contributed by atoms with Crippen LogP contribution >= 0.6 is 12.4 Å². The van der Waals surface area contributed by atoms with Crippen molar-refractivity contribution >= 4 is 24.3 Å². The van der Waals surface area contributed by atoms with Crippen molar-refractivity contribution in [2.75, 3.05) is 13.2 Å². The number of aromatic hydroxyl groups is 1. The van der Waals surface area contributed by atoms with Gasteiger partial charge in [0.05, 0.1) is 25.6 Å². The van der Waals surface area contributed by atoms with Crippen LogP contribution in [0.1, 0.15) is 36.1 Å². The first-order valence-electron chi connectivity index (χ1n) is 6.84. The highest BCUT2D eigenvalue weighted by atomic mass is 35.5. The van der Waals surface area contributed by atoms with Gasteiger partial charge in [-0.2, -0.15) is 0 Å². The lowest BCUT2D eigenvalue weighted by Gasteiger charge is -2.20. The molecule has 22 heavy (non-hydrogen) atoms. The van der Waals surface area contributed by atoms with Crippen molar-refractivity contribution in [2.24, 2.45) is 5.73 Å². The van der Waals surface area contributed by atoms with Crippen LogP contribution in [0.4, 0.5) is 0 Å². The lowest BCUT2D eigenvalue weighted by Crippen LogP contribution is -2.35. The van der Waals surface area contributed by atoms with Gasteiger partial charge in [0, 0.05) is 5.56 Å². The highest BCUT2D eigenvalue weighted by Crippen LogP contribution is 2.31. The van der Waals surface area contributed by atoms with E-state index in [1.54, 1.807) is 19.9 Å². The SMILES string of the molecule is CCOC(=O)C[C@@H](NC(=O)CN)c1cc(C)cc(C)c1O.Cl. The molecule has 0 radical (unpaired) electrons. The molecule has 0 aliphatic rings. The second-order valence-corrected chi connectivity index (χ2v) is 4.85. The number of halogens is 1. The number of nitrogens with one attached hydrogen (secondary N) is 1. The van der Waals surface area contributed by atoms with E-state index in [-0.39, 0.29) is 37.7 Å². The number of nitrogens with two attached hydrogens (primary N) is 1. The molecule has 1 rings (SSSR count). The molecule has 4 N–H and O–H groups in total. The molecule has 1 aromatic carbocycles. The normalized spacial score (nSPS) is 11.3. The Balaban J connectivity index is 0.00000441. The van der Waals surface area contributed by atoms with Crippen molar-refractivity contribution in [3.05, 3.63) is 28.8 Å². The second kappa shape index (κ2) is 9.27. The van der Waals surface area contributed by atoms with Crippen molar-refractivity contribution in [3.63, 3.8) is 0 Å². The average Bonchev–Trinajstić information content (AvgIpc) is 2.42. The first kappa shape index (κ1) is 20.2. The van der Waals surface area contributed by atoms with Gasteiger partial charge in [0.2, 0.25) is 5.91 Å². The second-order valence-electron chi connectivity index (χ2n) is 4.85. The third-order valence-corrected chi connectivity index (χ3v) is 3.05. The number of phenols is 1. The van der Waals surface area contributed by atoms with Gasteiger partial charge in [0.25, 0.3) is 0 Å². The number of hydrogen-bond donors (Lipinski definition) is 3. The van der Waals surface area contributed by atoms with Gasteiger partial charge in [-0.1, -0.05) is 17.7 Å². The Kier molecular flexibility index (Phi) is 8.52. The summed E-state index contributed by atoms with van der Waals surface area (Å²) in [7, 11) is 0. The molecule has 124 valence electrons. The van der Waals surface area contributed by atoms with Crippen LogP contribution in [0.2, 0.25) is 0 Å². The predicted molar refractivity (Wildman–Crippen MR) is 86.0 cm³/mol. The van der Waals surface area contributed by atoms with E-state index >= 15 is 0 Å². The van der Waals surface area contributed by atoms with Crippen molar-refractivity contribution in [1.29, 1.82) is 0 Å². The third-order valence-electron chi connectivity index (χ3n) is 3.05. The van der Waals surface area contributed by atoms with Crippen molar-refractivity contribution in [1.82, 2.24) is 5.32 Å². The molecular weight excluding hydrogens is 308 g/mol. The lowest BCUT2D eigenvalue weighted by molar-refractivity contribution is -0.143. The highest BCUT2D eigenvalue weighted by Gasteiger charge is 2.22. The lowest BCUT2D eigenvalue weighted by atomic mass is 9.97. The number of ether oxygens (including phenoxy) is 1. The fourth-order valence-electron chi connectivity index (χ4n) is 2.14. The van der Waals surface area contributed by atoms with Gasteiger partial charge in [0.1, 0.15) is 5.75 Å². The first-order valence-corrected chi connectivity index (χ1v) is 6.84. The Labute approximate surface area is 136 Å². The minimum atomic E-state index is -0.668. The molecule has 0 aliphatic carbocycles. The largest absolute Gasteiger partial charge is 0.507 e. The van der Waals surface area contributed by atoms with Crippen LogP contribution in [-0.2, 0) is 14.3 Å². The Morgan fingerprint density at radius 2 is 2.00 bits per heavy atom. The molecule has 0 aromatic heterocycles. The summed E-state index contributed by atoms with van der Waals surface area (Å²) in [6, 6.07) is 2.90. The number of hydrogen-bond acceptors (Lipinski definition) is 5. The molecule has 6 nitrogen and oxygen atoms in total. The molecule has 0 heterocycles. The third kappa shape index (κ3) is 5.54. The zero-order valence-corrected chi connectivity index (χ0v) is 13.8. The van der Waals surface area contributed by atoms with Gasteiger partial charge >= 0.3 is 5.97 Å². The number of carbonyl (C=O) groups excluding carboxylic acids is 2. The van der Waals surface area contributed by atoms with E-state index in [0.29, 0.717) is 11.1 Å². The standard InChI is InChI=1S/C15H22N2O4.ClH/c1-4-21-14(19)7-12(17-13(18)8-16)11-6-9(2)5-10(3)15(11)20;/h5-6,12,20H,4,7-8,16H2,1-3H3,(H,17,18);1H/t12-;/m1./s1. The number of esters is 1. The highest BCUT2D eigenvalue weighted by molar-refractivity contribution is 5.85. The summed E-state index contributed by atoms with van der Waals surface area (Å²) < 4.78 is 4.91. The maximum atomic E-state index is 11.7. The predicted octanol–water partition coefficient (Wildman–Crippen LogP) is 1.50. The fraction of sp³-hybridized carbons (Fsp3) is 0.467. The Hall–Kier alpha value is -1.79. The maximum absolute atomic E-state index is 11.7. The minimum absolute atomic E-state index is 0. The molecule has 0 unspecified atom stereocenters. The van der Waals surface area contributed by atoms with Gasteiger partial charge in [-0.05, 0) is 26.3 Å². The van der Waals surface area contributed by atoms with Gasteiger partial charge in [-0.25, -0.2) is 0 Å². The summed E-state index contributed by atoms with van der Waals surface area (Å²) in [5.41, 5.74) is 7.39. The minimum Gasteiger partial charge on any atom is -0.507 e. The van der Waals surface area contributed by atoms with E-state index in [1.165, 1.54) is 0 Å². The van der Waals surface area contributed by atoms with Crippen LogP contribution in [-0.4, -0.2) is 30.1 Å². The monoisotopic (exact) mass is 330 g/mol. The van der Waals surface area contributed by atoms with E-state index in [1.807, 2.05) is 13.0 Å². The smallest absolute Gasteiger partial charge is 0.308 e. The molecule has 1 atom stereocenters. The zero-order valence-electron chi connectivity index (χ0n) is 13.0. The number of rotatable bonds is 6. The first-order chi connectivity index (χ1) is 9.88. The Morgan fingerprint density at radius 3 is 2.55 bits per heavy atom. The van der Waals surface area contributed by atoms with Crippen LogP contribution in [0.25, 0.3) is 0 Å². The zero-order chi connectivity index (χ0) is 16.0. The van der Waals surface area contributed by atoms with E-state index < -0.39 is 17.9 Å². The quantitative estimate of drug-likeness (QED) is 0.686. The fourth-order valence-corrected chi connectivity index (χ4v) is 2.14. The average molecular weight is 331 g/mol. The van der Waals surface area contributed by atoms with Crippen LogP contribution in [0.3, 0.4) is 0 Å². The van der Waals surface area contributed by atoms with Gasteiger partial charge < -0.3 is 20.9 Å². The molecule has 0 saturated heterocycles. The van der Waals surface area contributed by atoms with E-state index in [2.05, 4.69) is 5.32 Å². The molecule has 0 bridgehead atoms. The summed E-state index contributed by atoms with van der Waals surface area (Å²) in [5, 5.41) is 12.8. The summed E-state index contributed by atoms with van der Waals surface area (Å²) in [5.74, 6) is -0.784. The van der Waals surface area contributed by atoms with Gasteiger partial charge in [-0.15, -0.1) is 12.4 Å². The van der Waals surface area contributed by atoms with Crippen molar-refractivity contribution < 1.29 is 19.4 Å². The van der Waals surface area contributed by atoms with E-state index in [0.717, 1.165) is 5.56 Å². The van der Waals surface area contributed by atoms with Crippen LogP contribution in [0.5, 0.6) is 5.75 Å². The van der Waals surface area contributed by atoms with Crippen LogP contribution < -0.4 is 11.1 Å². The van der Waals surface area contributed by atoms with Crippen molar-refractivity contribution in [2.45, 2.75) is 33.2 Å². The molecule has 7 heteroatoms. The maximum Gasteiger partial charge on any atom is 0.308 e. The number of carbonyl (C=O) groups is 2. The number of aryl methyl sites for hydroxylation is 2. The van der Waals surface area contributed by atoms with Gasteiger partial charge in [-0.3, -0.25) is 9.59 Å². The molecule has 0 fully saturated rings. The summed E-state index contributed by atoms with van der Waals surface area (Å²) in [4.78, 5) is 23.2. The summed E-state index contributed by atoms with van der Waals surface area (Å²) in [6.45, 7) is 5.42. The molecule has 1 amide bonds.